The molecule has 1 aliphatic heterocycles. The third-order valence-corrected chi connectivity index (χ3v) is 5.87. The molecule has 0 N–H and O–H groups in total. The molecule has 2 rings (SSSR count). The van der Waals surface area contributed by atoms with E-state index in [2.05, 4.69) is 18.5 Å². The summed E-state index contributed by atoms with van der Waals surface area (Å²) in [6, 6.07) is 1.24. The van der Waals surface area contributed by atoms with Gasteiger partial charge in [0.05, 0.1) is 40.0 Å². The van der Waals surface area contributed by atoms with E-state index in [1.165, 1.54) is 27.4 Å². The van der Waals surface area contributed by atoms with Crippen molar-refractivity contribution >= 4 is 12.2 Å². The second-order valence-corrected chi connectivity index (χ2v) is 7.73. The standard InChI is InChI=1S/C24H36N2O6/c1-7-9-12-19(26(21(28)8-2)25-13-10-11-18(25)16-29-3)22-17(15-27)14-20(30-4)23(31-5)24(22)32-6/h8,14-15,18-19H,2,7,9-13,16H2,1,3-6H3/t18-,19+/m0/s1. The molecule has 8 heteroatoms. The highest BCUT2D eigenvalue weighted by Crippen LogP contribution is 2.47. The lowest BCUT2D eigenvalue weighted by atomic mass is 9.93. The van der Waals surface area contributed by atoms with Crippen molar-refractivity contribution in [3.63, 3.8) is 0 Å². The molecule has 1 saturated heterocycles. The summed E-state index contributed by atoms with van der Waals surface area (Å²) in [5.74, 6) is 0.935. The molecule has 0 bridgehead atoms. The number of hydrogen-bond donors (Lipinski definition) is 0. The smallest absolute Gasteiger partial charge is 0.260 e. The first kappa shape index (κ1) is 25.7. The number of methoxy groups -OCH3 is 4. The fraction of sp³-hybridized carbons (Fsp3) is 0.583. The van der Waals surface area contributed by atoms with Crippen molar-refractivity contribution in [2.45, 2.75) is 51.1 Å². The summed E-state index contributed by atoms with van der Waals surface area (Å²) >= 11 is 0. The summed E-state index contributed by atoms with van der Waals surface area (Å²) in [5, 5.41) is 3.79. The molecule has 2 atom stereocenters. The van der Waals surface area contributed by atoms with E-state index in [9.17, 15) is 9.59 Å². The number of rotatable bonds is 13. The van der Waals surface area contributed by atoms with Gasteiger partial charge in [0.2, 0.25) is 5.75 Å². The molecule has 1 aliphatic rings. The second kappa shape index (κ2) is 12.5. The van der Waals surface area contributed by atoms with Crippen molar-refractivity contribution in [2.75, 3.05) is 41.6 Å². The van der Waals surface area contributed by atoms with Crippen LogP contribution in [0.4, 0.5) is 0 Å². The van der Waals surface area contributed by atoms with Crippen LogP contribution < -0.4 is 14.2 Å². The quantitative estimate of drug-likeness (QED) is 0.336. The highest BCUT2D eigenvalue weighted by Gasteiger charge is 2.39. The van der Waals surface area contributed by atoms with Gasteiger partial charge in [-0.2, -0.15) is 0 Å². The van der Waals surface area contributed by atoms with Gasteiger partial charge < -0.3 is 18.9 Å². The van der Waals surface area contributed by atoms with Gasteiger partial charge in [-0.15, -0.1) is 0 Å². The molecule has 8 nitrogen and oxygen atoms in total. The minimum absolute atomic E-state index is 0.0545. The van der Waals surface area contributed by atoms with E-state index in [1.807, 2.05) is 0 Å². The first-order valence-corrected chi connectivity index (χ1v) is 11.0. The Morgan fingerprint density at radius 3 is 2.50 bits per heavy atom. The van der Waals surface area contributed by atoms with Crippen LogP contribution in [-0.2, 0) is 9.53 Å². The van der Waals surface area contributed by atoms with Crippen molar-refractivity contribution in [2.24, 2.45) is 0 Å². The molecule has 0 aromatic heterocycles. The van der Waals surface area contributed by atoms with Crippen LogP contribution in [0.1, 0.15) is 61.0 Å². The third-order valence-electron chi connectivity index (χ3n) is 5.87. The maximum atomic E-state index is 13.2. The third kappa shape index (κ3) is 5.24. The van der Waals surface area contributed by atoms with E-state index in [-0.39, 0.29) is 11.9 Å². The number of unbranched alkanes of at least 4 members (excludes halogenated alkanes) is 1. The van der Waals surface area contributed by atoms with Crippen molar-refractivity contribution in [3.8, 4) is 17.2 Å². The first-order chi connectivity index (χ1) is 15.5. The molecular weight excluding hydrogens is 412 g/mol. The van der Waals surface area contributed by atoms with Crippen LogP contribution in [0, 0.1) is 0 Å². The van der Waals surface area contributed by atoms with Crippen LogP contribution in [0.2, 0.25) is 0 Å². The van der Waals surface area contributed by atoms with Crippen molar-refractivity contribution in [1.82, 2.24) is 10.0 Å². The average molecular weight is 449 g/mol. The number of hydrazine groups is 1. The summed E-state index contributed by atoms with van der Waals surface area (Å²) in [6.07, 6.45) is 6.36. The molecule has 32 heavy (non-hydrogen) atoms. The van der Waals surface area contributed by atoms with E-state index < -0.39 is 6.04 Å². The SMILES string of the molecule is C=CC(=O)N([C@H](CCCC)c1c(C=O)cc(OC)c(OC)c1OC)N1CCC[C@H]1COC. The van der Waals surface area contributed by atoms with E-state index in [1.54, 1.807) is 18.2 Å². The fourth-order valence-electron chi connectivity index (χ4n) is 4.44. The number of benzene rings is 1. The Morgan fingerprint density at radius 2 is 1.97 bits per heavy atom. The number of carbonyl (C=O) groups excluding carboxylic acids is 2. The highest BCUT2D eigenvalue weighted by atomic mass is 16.5. The predicted octanol–water partition coefficient (Wildman–Crippen LogP) is 3.80. The molecular formula is C24H36N2O6. The molecule has 0 spiro atoms. The number of ether oxygens (including phenoxy) is 4. The molecule has 0 unspecified atom stereocenters. The minimum Gasteiger partial charge on any atom is -0.493 e. The zero-order chi connectivity index (χ0) is 23.7. The van der Waals surface area contributed by atoms with Crippen molar-refractivity contribution in [3.05, 3.63) is 29.8 Å². The van der Waals surface area contributed by atoms with Crippen LogP contribution in [0.3, 0.4) is 0 Å². The Labute approximate surface area is 191 Å². The normalized spacial score (nSPS) is 17.0. The lowest BCUT2D eigenvalue weighted by Gasteiger charge is -2.42. The van der Waals surface area contributed by atoms with E-state index in [0.29, 0.717) is 47.9 Å². The monoisotopic (exact) mass is 448 g/mol. The van der Waals surface area contributed by atoms with Crippen LogP contribution in [0.25, 0.3) is 0 Å². The topological polar surface area (TPSA) is 77.5 Å². The van der Waals surface area contributed by atoms with Gasteiger partial charge in [-0.25, -0.2) is 5.01 Å². The van der Waals surface area contributed by atoms with E-state index in [4.69, 9.17) is 18.9 Å². The zero-order valence-electron chi connectivity index (χ0n) is 19.9. The Kier molecular flexibility index (Phi) is 9.99. The predicted molar refractivity (Wildman–Crippen MR) is 122 cm³/mol. The lowest BCUT2D eigenvalue weighted by Crippen LogP contribution is -2.51. The van der Waals surface area contributed by atoms with Crippen molar-refractivity contribution < 1.29 is 28.5 Å². The Balaban J connectivity index is 2.76. The number of amides is 1. The van der Waals surface area contributed by atoms with Gasteiger partial charge >= 0.3 is 0 Å². The lowest BCUT2D eigenvalue weighted by molar-refractivity contribution is -0.155. The molecule has 178 valence electrons. The number of carbonyl (C=O) groups is 2. The van der Waals surface area contributed by atoms with Crippen LogP contribution in [-0.4, -0.2) is 69.8 Å². The first-order valence-electron chi connectivity index (χ1n) is 11.0. The summed E-state index contributed by atoms with van der Waals surface area (Å²) in [4.78, 5) is 25.4. The molecule has 1 heterocycles. The van der Waals surface area contributed by atoms with Crippen molar-refractivity contribution in [1.29, 1.82) is 0 Å². The largest absolute Gasteiger partial charge is 0.493 e. The summed E-state index contributed by atoms with van der Waals surface area (Å²) in [7, 11) is 6.21. The molecule has 0 aliphatic carbocycles. The maximum Gasteiger partial charge on any atom is 0.260 e. The van der Waals surface area contributed by atoms with Gasteiger partial charge in [-0.1, -0.05) is 26.3 Å². The summed E-state index contributed by atoms with van der Waals surface area (Å²) in [6.45, 7) is 7.04. The summed E-state index contributed by atoms with van der Waals surface area (Å²) < 4.78 is 22.2. The highest BCUT2D eigenvalue weighted by molar-refractivity contribution is 5.88. The fourth-order valence-corrected chi connectivity index (χ4v) is 4.44. The van der Waals surface area contributed by atoms with Crippen LogP contribution in [0.5, 0.6) is 17.2 Å². The Morgan fingerprint density at radius 1 is 1.25 bits per heavy atom. The maximum absolute atomic E-state index is 13.2. The second-order valence-electron chi connectivity index (χ2n) is 7.73. The van der Waals surface area contributed by atoms with E-state index in [0.717, 1.165) is 32.0 Å². The molecule has 0 saturated carbocycles. The zero-order valence-corrected chi connectivity index (χ0v) is 19.9. The molecule has 1 amide bonds. The molecule has 1 aromatic rings. The van der Waals surface area contributed by atoms with Crippen LogP contribution in [0.15, 0.2) is 18.7 Å². The molecule has 0 radical (unpaired) electrons. The Bertz CT molecular complexity index is 797. The number of hydrogen-bond acceptors (Lipinski definition) is 7. The Hall–Kier alpha value is -2.58. The molecule has 1 fully saturated rings. The van der Waals surface area contributed by atoms with Gasteiger partial charge in [0.25, 0.3) is 5.91 Å². The van der Waals surface area contributed by atoms with Gasteiger partial charge in [0, 0.05) is 24.8 Å². The molecule has 1 aromatic carbocycles. The number of nitrogens with zero attached hydrogens (tertiary/aromatic N) is 2. The average Bonchev–Trinajstić information content (AvgIpc) is 3.27. The van der Waals surface area contributed by atoms with Gasteiger partial charge in [0.15, 0.2) is 17.8 Å². The minimum atomic E-state index is -0.451. The van der Waals surface area contributed by atoms with Gasteiger partial charge in [-0.05, 0) is 31.4 Å². The number of aldehydes is 1. The van der Waals surface area contributed by atoms with Gasteiger partial charge in [0.1, 0.15) is 0 Å². The van der Waals surface area contributed by atoms with Crippen LogP contribution >= 0.6 is 0 Å². The van der Waals surface area contributed by atoms with Gasteiger partial charge in [-0.3, -0.25) is 14.6 Å². The summed E-state index contributed by atoms with van der Waals surface area (Å²) in [5.41, 5.74) is 0.997. The van der Waals surface area contributed by atoms with E-state index >= 15 is 0 Å².